The van der Waals surface area contributed by atoms with Crippen molar-refractivity contribution in [1.29, 1.82) is 0 Å². The number of guanidine groups is 1. The number of hydrogen-bond donors (Lipinski definition) is 3. The van der Waals surface area contributed by atoms with Gasteiger partial charge < -0.3 is 30.3 Å². The summed E-state index contributed by atoms with van der Waals surface area (Å²) in [5, 5.41) is 9.09. The highest BCUT2D eigenvalue weighted by Gasteiger charge is 2.34. The molecule has 0 bridgehead atoms. The van der Waals surface area contributed by atoms with Crippen molar-refractivity contribution in [3.63, 3.8) is 0 Å². The molecule has 0 aliphatic carbocycles. The van der Waals surface area contributed by atoms with Gasteiger partial charge in [0.25, 0.3) is 0 Å². The van der Waals surface area contributed by atoms with E-state index >= 15 is 0 Å². The second-order valence-corrected chi connectivity index (χ2v) is 8.42. The largest absolute Gasteiger partial charge is 0.444 e. The van der Waals surface area contributed by atoms with Gasteiger partial charge in [0.05, 0.1) is 12.6 Å². The van der Waals surface area contributed by atoms with Crippen LogP contribution in [0.4, 0.5) is 9.59 Å². The van der Waals surface area contributed by atoms with Gasteiger partial charge in [0.1, 0.15) is 11.2 Å². The summed E-state index contributed by atoms with van der Waals surface area (Å²) < 4.78 is 10.5. The summed E-state index contributed by atoms with van der Waals surface area (Å²) in [6, 6.07) is 0.120. The van der Waals surface area contributed by atoms with Crippen LogP contribution in [-0.2, 0) is 9.47 Å². The van der Waals surface area contributed by atoms with E-state index in [0.717, 1.165) is 0 Å². The first-order chi connectivity index (χ1) is 12.4. The third kappa shape index (κ3) is 11.4. The first kappa shape index (κ1) is 26.5. The molecule has 0 aromatic rings. The summed E-state index contributed by atoms with van der Waals surface area (Å²) in [6.45, 7) is 15.6. The summed E-state index contributed by atoms with van der Waals surface area (Å²) in [5.74, 6) is 0.650. The van der Waals surface area contributed by atoms with E-state index in [0.29, 0.717) is 38.7 Å². The molecule has 0 unspecified atom stereocenters. The maximum atomic E-state index is 11.9. The topological polar surface area (TPSA) is 104 Å². The first-order valence-electron chi connectivity index (χ1n) is 9.39. The van der Waals surface area contributed by atoms with E-state index in [1.54, 1.807) is 4.90 Å². The van der Waals surface area contributed by atoms with Crippen molar-refractivity contribution in [3.05, 3.63) is 0 Å². The van der Waals surface area contributed by atoms with Crippen LogP contribution in [0.25, 0.3) is 0 Å². The molecule has 0 aromatic heterocycles. The van der Waals surface area contributed by atoms with Crippen LogP contribution in [0.3, 0.4) is 0 Å². The van der Waals surface area contributed by atoms with Gasteiger partial charge >= 0.3 is 12.2 Å². The molecule has 0 atom stereocenters. The van der Waals surface area contributed by atoms with E-state index in [-0.39, 0.29) is 36.1 Å². The van der Waals surface area contributed by atoms with Crippen LogP contribution in [0.1, 0.15) is 48.5 Å². The van der Waals surface area contributed by atoms with Gasteiger partial charge in [0.2, 0.25) is 0 Å². The third-order valence-electron chi connectivity index (χ3n) is 3.27. The molecule has 1 rings (SSSR count). The zero-order valence-corrected chi connectivity index (χ0v) is 20.4. The molecule has 0 saturated carbocycles. The van der Waals surface area contributed by atoms with Crippen molar-refractivity contribution < 1.29 is 19.1 Å². The lowest BCUT2D eigenvalue weighted by Crippen LogP contribution is -2.63. The number of halogens is 1. The summed E-state index contributed by atoms with van der Waals surface area (Å²) in [4.78, 5) is 29.6. The van der Waals surface area contributed by atoms with Crippen LogP contribution in [0.15, 0.2) is 4.99 Å². The van der Waals surface area contributed by atoms with Gasteiger partial charge in [-0.2, -0.15) is 0 Å². The maximum Gasteiger partial charge on any atom is 0.410 e. The van der Waals surface area contributed by atoms with Crippen molar-refractivity contribution in [2.45, 2.75) is 65.7 Å². The van der Waals surface area contributed by atoms with Crippen LogP contribution in [0.5, 0.6) is 0 Å². The normalized spacial score (nSPS) is 15.1. The zero-order chi connectivity index (χ0) is 20.7. The van der Waals surface area contributed by atoms with Gasteiger partial charge in [-0.25, -0.2) is 9.59 Å². The van der Waals surface area contributed by atoms with Crippen LogP contribution in [0, 0.1) is 0 Å². The Morgan fingerprint density at radius 1 is 1.04 bits per heavy atom. The minimum Gasteiger partial charge on any atom is -0.444 e. The van der Waals surface area contributed by atoms with Gasteiger partial charge in [-0.1, -0.05) is 0 Å². The quantitative estimate of drug-likeness (QED) is 0.226. The molecular weight excluding hydrogens is 477 g/mol. The first-order valence-corrected chi connectivity index (χ1v) is 9.39. The molecule has 10 heteroatoms. The van der Waals surface area contributed by atoms with E-state index in [2.05, 4.69) is 20.9 Å². The molecular formula is C18H36IN5O4. The van der Waals surface area contributed by atoms with Gasteiger partial charge in [-0.3, -0.25) is 4.99 Å². The van der Waals surface area contributed by atoms with E-state index in [1.807, 2.05) is 48.5 Å². The smallest absolute Gasteiger partial charge is 0.410 e. The summed E-state index contributed by atoms with van der Waals surface area (Å²) in [6.07, 6.45) is -0.758. The number of alkyl carbamates (subject to hydrolysis) is 1. The molecule has 3 N–H and O–H groups in total. The van der Waals surface area contributed by atoms with E-state index in [1.165, 1.54) is 0 Å². The number of amides is 2. The average molecular weight is 513 g/mol. The predicted molar refractivity (Wildman–Crippen MR) is 120 cm³/mol. The predicted octanol–water partition coefficient (Wildman–Crippen LogP) is 2.30. The average Bonchev–Trinajstić information content (AvgIpc) is 2.42. The number of nitrogens with one attached hydrogen (secondary N) is 3. The Labute approximate surface area is 185 Å². The van der Waals surface area contributed by atoms with Gasteiger partial charge in [-0.05, 0) is 48.5 Å². The number of carbonyl (C=O) groups excluding carboxylic acids is 2. The lowest BCUT2D eigenvalue weighted by atomic mass is 10.1. The monoisotopic (exact) mass is 513 g/mol. The molecule has 28 heavy (non-hydrogen) atoms. The Balaban J connectivity index is 0.00000729. The lowest BCUT2D eigenvalue weighted by molar-refractivity contribution is 0.00699. The number of ether oxygens (including phenoxy) is 2. The van der Waals surface area contributed by atoms with E-state index in [9.17, 15) is 9.59 Å². The molecule has 0 aromatic carbocycles. The van der Waals surface area contributed by atoms with Gasteiger partial charge in [0, 0.05) is 26.2 Å². The fraction of sp³-hybridized carbons (Fsp3) is 0.833. The fourth-order valence-corrected chi connectivity index (χ4v) is 2.20. The van der Waals surface area contributed by atoms with E-state index in [4.69, 9.17) is 9.47 Å². The SMILES string of the molecule is CCNC(=NCCNC(=O)OC(C)(C)C)NC1CN(C(=O)OC(C)(C)C)C1.I. The third-order valence-corrected chi connectivity index (χ3v) is 3.27. The van der Waals surface area contributed by atoms with Crippen molar-refractivity contribution in [1.82, 2.24) is 20.9 Å². The summed E-state index contributed by atoms with van der Waals surface area (Å²) in [7, 11) is 0. The zero-order valence-electron chi connectivity index (χ0n) is 18.0. The Kier molecular flexibility index (Phi) is 10.9. The molecule has 1 fully saturated rings. The number of likely N-dealkylation sites (tertiary alicyclic amines) is 1. The minimum atomic E-state index is -0.520. The Bertz CT molecular complexity index is 537. The summed E-state index contributed by atoms with van der Waals surface area (Å²) in [5.41, 5.74) is -1.01. The molecule has 164 valence electrons. The number of hydrogen-bond acceptors (Lipinski definition) is 5. The van der Waals surface area contributed by atoms with Crippen molar-refractivity contribution in [3.8, 4) is 0 Å². The Morgan fingerprint density at radius 2 is 1.61 bits per heavy atom. The molecule has 1 aliphatic rings. The standard InChI is InChI=1S/C18H35N5O4.HI/c1-8-19-14(20-9-10-21-15(24)26-17(2,3)4)22-13-11-23(12-13)16(25)27-18(5,6)7;/h13H,8-12H2,1-7H3,(H,21,24)(H2,19,20,22);1H. The highest BCUT2D eigenvalue weighted by molar-refractivity contribution is 14.0. The maximum absolute atomic E-state index is 11.9. The molecule has 1 aliphatic heterocycles. The van der Waals surface area contributed by atoms with Crippen LogP contribution in [-0.4, -0.2) is 73.0 Å². The molecule has 1 heterocycles. The van der Waals surface area contributed by atoms with Crippen molar-refractivity contribution in [2.24, 2.45) is 4.99 Å². The summed E-state index contributed by atoms with van der Waals surface area (Å²) >= 11 is 0. The van der Waals surface area contributed by atoms with Gasteiger partial charge in [0.15, 0.2) is 5.96 Å². The highest BCUT2D eigenvalue weighted by Crippen LogP contribution is 2.15. The Morgan fingerprint density at radius 3 is 2.11 bits per heavy atom. The number of aliphatic imine (C=N–C) groups is 1. The molecule has 9 nitrogen and oxygen atoms in total. The van der Waals surface area contributed by atoms with Crippen LogP contribution < -0.4 is 16.0 Å². The second-order valence-electron chi connectivity index (χ2n) is 8.42. The number of nitrogens with zero attached hydrogens (tertiary/aromatic N) is 2. The second kappa shape index (κ2) is 11.5. The van der Waals surface area contributed by atoms with Crippen molar-refractivity contribution >= 4 is 42.1 Å². The fourth-order valence-electron chi connectivity index (χ4n) is 2.20. The van der Waals surface area contributed by atoms with Crippen molar-refractivity contribution in [2.75, 3.05) is 32.7 Å². The lowest BCUT2D eigenvalue weighted by Gasteiger charge is -2.40. The number of rotatable bonds is 5. The molecule has 0 radical (unpaired) electrons. The highest BCUT2D eigenvalue weighted by atomic mass is 127. The van der Waals surface area contributed by atoms with E-state index < -0.39 is 17.3 Å². The minimum absolute atomic E-state index is 0. The van der Waals surface area contributed by atoms with Crippen LogP contribution >= 0.6 is 24.0 Å². The molecule has 0 spiro atoms. The van der Waals surface area contributed by atoms with Crippen LogP contribution in [0.2, 0.25) is 0 Å². The van der Waals surface area contributed by atoms with Gasteiger partial charge in [-0.15, -0.1) is 24.0 Å². The number of carbonyl (C=O) groups is 2. The molecule has 1 saturated heterocycles. The Hall–Kier alpha value is -1.46. The molecule has 2 amide bonds.